The number of nitrogens with zero attached hydrogens (tertiary/aromatic N) is 4. The topological polar surface area (TPSA) is 54.5 Å². The number of aromatic nitrogens is 3. The normalized spacial score (nSPS) is 10.9. The Morgan fingerprint density at radius 3 is 2.21 bits per heavy atom. The maximum atomic E-state index is 9.32. The van der Waals surface area contributed by atoms with Crippen LogP contribution in [0, 0.1) is 32.1 Å². The van der Waals surface area contributed by atoms with Crippen LogP contribution < -0.4 is 0 Å². The Hall–Kier alpha value is -3.19. The molecular weight excluding hydrogens is 296 g/mol. The van der Waals surface area contributed by atoms with Crippen molar-refractivity contribution in [3.8, 4) is 11.8 Å². The summed E-state index contributed by atoms with van der Waals surface area (Å²) in [5.41, 5.74) is 6.48. The van der Waals surface area contributed by atoms with E-state index in [1.807, 2.05) is 50.3 Å². The molecule has 24 heavy (non-hydrogen) atoms. The average Bonchev–Trinajstić information content (AvgIpc) is 2.96. The van der Waals surface area contributed by atoms with Gasteiger partial charge in [0.1, 0.15) is 11.8 Å². The number of benzene rings is 2. The van der Waals surface area contributed by atoms with Gasteiger partial charge < -0.3 is 0 Å². The van der Waals surface area contributed by atoms with Gasteiger partial charge in [0, 0.05) is 0 Å². The molecule has 0 radical (unpaired) electrons. The van der Waals surface area contributed by atoms with Crippen LogP contribution in [0.5, 0.6) is 0 Å². The van der Waals surface area contributed by atoms with Crippen LogP contribution in [0.4, 0.5) is 0 Å². The minimum absolute atomic E-state index is 0.317. The fourth-order valence-electron chi connectivity index (χ4n) is 2.63. The van der Waals surface area contributed by atoms with Gasteiger partial charge in [-0.1, -0.05) is 47.2 Å². The molecule has 0 aliphatic rings. The van der Waals surface area contributed by atoms with Crippen molar-refractivity contribution in [2.75, 3.05) is 0 Å². The summed E-state index contributed by atoms with van der Waals surface area (Å²) in [7, 11) is 0. The minimum atomic E-state index is 0.317. The van der Waals surface area contributed by atoms with Gasteiger partial charge in [-0.05, 0) is 55.7 Å². The first-order chi connectivity index (χ1) is 11.6. The van der Waals surface area contributed by atoms with Crippen molar-refractivity contribution >= 4 is 12.2 Å². The number of hydrogen-bond donors (Lipinski definition) is 0. The van der Waals surface area contributed by atoms with E-state index in [0.717, 1.165) is 22.4 Å². The van der Waals surface area contributed by atoms with Gasteiger partial charge in [0.05, 0.1) is 5.69 Å². The van der Waals surface area contributed by atoms with Crippen LogP contribution in [0.2, 0.25) is 0 Å². The lowest BCUT2D eigenvalue weighted by Gasteiger charge is -2.06. The summed E-state index contributed by atoms with van der Waals surface area (Å²) < 4.78 is 1.71. The van der Waals surface area contributed by atoms with Crippen LogP contribution in [0.15, 0.2) is 42.5 Å². The molecule has 0 spiro atoms. The van der Waals surface area contributed by atoms with E-state index in [0.29, 0.717) is 11.4 Å². The summed E-state index contributed by atoms with van der Waals surface area (Å²) in [4.78, 5) is 0. The number of aryl methyl sites for hydroxylation is 3. The fraction of sp³-hybridized carbons (Fsp3) is 0.150. The van der Waals surface area contributed by atoms with Crippen LogP contribution in [-0.4, -0.2) is 15.0 Å². The molecule has 0 unspecified atom stereocenters. The summed E-state index contributed by atoms with van der Waals surface area (Å²) >= 11 is 0. The van der Waals surface area contributed by atoms with Crippen molar-refractivity contribution in [3.05, 3.63) is 76.1 Å². The summed E-state index contributed by atoms with van der Waals surface area (Å²) in [5.74, 6) is 0. The Balaban J connectivity index is 2.05. The van der Waals surface area contributed by atoms with Gasteiger partial charge in [-0.2, -0.15) is 5.26 Å². The van der Waals surface area contributed by atoms with Crippen molar-refractivity contribution in [1.82, 2.24) is 15.0 Å². The predicted molar refractivity (Wildman–Crippen MR) is 95.7 cm³/mol. The second kappa shape index (κ2) is 6.51. The van der Waals surface area contributed by atoms with Gasteiger partial charge in [-0.3, -0.25) is 0 Å². The Kier molecular flexibility index (Phi) is 4.26. The Morgan fingerprint density at radius 1 is 0.917 bits per heavy atom. The van der Waals surface area contributed by atoms with Crippen molar-refractivity contribution in [2.45, 2.75) is 20.8 Å². The standard InChI is InChI=1S/C20H18N4/c1-14-4-6-17(7-5-14)8-9-20-19(13-21)22-23-24(20)18-11-15(2)10-16(3)12-18/h4-12H,1-3H3/b9-8+. The summed E-state index contributed by atoms with van der Waals surface area (Å²) in [6.07, 6.45) is 3.86. The molecule has 1 aromatic heterocycles. The summed E-state index contributed by atoms with van der Waals surface area (Å²) in [6, 6.07) is 16.5. The average molecular weight is 314 g/mol. The van der Waals surface area contributed by atoms with Crippen molar-refractivity contribution in [2.24, 2.45) is 0 Å². The molecular formula is C20H18N4. The zero-order valence-electron chi connectivity index (χ0n) is 14.0. The van der Waals surface area contributed by atoms with E-state index in [9.17, 15) is 5.26 Å². The van der Waals surface area contributed by atoms with Crippen LogP contribution >= 0.6 is 0 Å². The van der Waals surface area contributed by atoms with Gasteiger partial charge in [-0.15, -0.1) is 5.10 Å². The quantitative estimate of drug-likeness (QED) is 0.726. The monoisotopic (exact) mass is 314 g/mol. The van der Waals surface area contributed by atoms with E-state index in [-0.39, 0.29) is 0 Å². The van der Waals surface area contributed by atoms with Gasteiger partial charge >= 0.3 is 0 Å². The first-order valence-corrected chi connectivity index (χ1v) is 7.76. The number of rotatable bonds is 3. The van der Waals surface area contributed by atoms with E-state index in [1.165, 1.54) is 5.56 Å². The molecule has 3 aromatic rings. The SMILES string of the molecule is Cc1ccc(/C=C/c2c(C#N)nnn2-c2cc(C)cc(C)c2)cc1. The maximum absolute atomic E-state index is 9.32. The van der Waals surface area contributed by atoms with Crippen molar-refractivity contribution in [3.63, 3.8) is 0 Å². The Labute approximate surface area is 141 Å². The van der Waals surface area contributed by atoms with Crippen LogP contribution in [0.1, 0.15) is 33.6 Å². The van der Waals surface area contributed by atoms with Gasteiger partial charge in [0.15, 0.2) is 5.69 Å². The molecule has 0 N–H and O–H groups in total. The van der Waals surface area contributed by atoms with Crippen molar-refractivity contribution < 1.29 is 0 Å². The molecule has 2 aromatic carbocycles. The lowest BCUT2D eigenvalue weighted by atomic mass is 10.1. The second-order valence-corrected chi connectivity index (χ2v) is 5.94. The van der Waals surface area contributed by atoms with Gasteiger partial charge in [0.2, 0.25) is 0 Å². The smallest absolute Gasteiger partial charge is 0.190 e. The molecule has 0 saturated heterocycles. The lowest BCUT2D eigenvalue weighted by Crippen LogP contribution is -2.00. The molecule has 0 amide bonds. The zero-order valence-corrected chi connectivity index (χ0v) is 14.0. The van der Waals surface area contributed by atoms with E-state index < -0.39 is 0 Å². The molecule has 0 fully saturated rings. The minimum Gasteiger partial charge on any atom is -0.212 e. The molecule has 0 aliphatic carbocycles. The highest BCUT2D eigenvalue weighted by Gasteiger charge is 2.12. The molecule has 4 nitrogen and oxygen atoms in total. The Bertz CT molecular complexity index is 921. The van der Waals surface area contributed by atoms with Gasteiger partial charge in [-0.25, -0.2) is 4.68 Å². The first kappa shape index (κ1) is 15.7. The van der Waals surface area contributed by atoms with E-state index in [2.05, 4.69) is 41.5 Å². The largest absolute Gasteiger partial charge is 0.212 e. The molecule has 0 aliphatic heterocycles. The number of hydrogen-bond acceptors (Lipinski definition) is 3. The predicted octanol–water partition coefficient (Wildman–Crippen LogP) is 4.23. The number of nitriles is 1. The highest BCUT2D eigenvalue weighted by atomic mass is 15.4. The third-order valence-corrected chi connectivity index (χ3v) is 3.77. The van der Waals surface area contributed by atoms with Crippen LogP contribution in [0.25, 0.3) is 17.8 Å². The van der Waals surface area contributed by atoms with Gasteiger partial charge in [0.25, 0.3) is 0 Å². The molecule has 3 rings (SSSR count). The highest BCUT2D eigenvalue weighted by Crippen LogP contribution is 2.18. The maximum Gasteiger partial charge on any atom is 0.190 e. The fourth-order valence-corrected chi connectivity index (χ4v) is 2.63. The zero-order chi connectivity index (χ0) is 17.1. The molecule has 0 bridgehead atoms. The van der Waals surface area contributed by atoms with E-state index >= 15 is 0 Å². The summed E-state index contributed by atoms with van der Waals surface area (Å²) in [5, 5.41) is 17.5. The highest BCUT2D eigenvalue weighted by molar-refractivity contribution is 5.71. The van der Waals surface area contributed by atoms with Crippen molar-refractivity contribution in [1.29, 1.82) is 5.26 Å². The molecule has 0 atom stereocenters. The first-order valence-electron chi connectivity index (χ1n) is 7.76. The third-order valence-electron chi connectivity index (χ3n) is 3.77. The molecule has 4 heteroatoms. The third kappa shape index (κ3) is 3.26. The summed E-state index contributed by atoms with van der Waals surface area (Å²) in [6.45, 7) is 6.14. The molecule has 1 heterocycles. The molecule has 118 valence electrons. The lowest BCUT2D eigenvalue weighted by molar-refractivity contribution is 0.796. The van der Waals surface area contributed by atoms with Crippen LogP contribution in [0.3, 0.4) is 0 Å². The van der Waals surface area contributed by atoms with Crippen LogP contribution in [-0.2, 0) is 0 Å². The van der Waals surface area contributed by atoms with E-state index in [1.54, 1.807) is 4.68 Å². The Morgan fingerprint density at radius 2 is 1.58 bits per heavy atom. The molecule has 0 saturated carbocycles. The second-order valence-electron chi connectivity index (χ2n) is 5.94. The van der Waals surface area contributed by atoms with E-state index in [4.69, 9.17) is 0 Å².